The summed E-state index contributed by atoms with van der Waals surface area (Å²) in [7, 11) is 0. The van der Waals surface area contributed by atoms with Gasteiger partial charge in [-0.1, -0.05) is 54.2 Å². The Morgan fingerprint density at radius 2 is 1.86 bits per heavy atom. The molecule has 0 aliphatic rings. The molecule has 2 N–H and O–H groups in total. The van der Waals surface area contributed by atoms with Gasteiger partial charge in [-0.2, -0.15) is 0 Å². The van der Waals surface area contributed by atoms with E-state index in [9.17, 15) is 0 Å². The molecule has 21 heavy (non-hydrogen) atoms. The minimum atomic E-state index is 0.325. The van der Waals surface area contributed by atoms with Gasteiger partial charge in [0.25, 0.3) is 0 Å². The number of nitrogens with two attached hydrogens (primary N) is 1. The van der Waals surface area contributed by atoms with Crippen LogP contribution in [0.25, 0.3) is 0 Å². The third-order valence-electron chi connectivity index (χ3n) is 3.37. The third-order valence-corrected chi connectivity index (χ3v) is 3.90. The zero-order valence-electron chi connectivity index (χ0n) is 12.2. The average molecular weight is 319 g/mol. The molecule has 0 aliphatic carbocycles. The van der Waals surface area contributed by atoms with Gasteiger partial charge in [-0.05, 0) is 37.6 Å². The molecule has 2 nitrogen and oxygen atoms in total. The number of rotatable bonds is 5. The van der Waals surface area contributed by atoms with Crippen molar-refractivity contribution in [2.45, 2.75) is 26.4 Å². The molecule has 0 aromatic heterocycles. The number of halogens is 1. The second-order valence-electron chi connectivity index (χ2n) is 5.24. The lowest BCUT2D eigenvalue weighted by Gasteiger charge is -2.29. The van der Waals surface area contributed by atoms with Gasteiger partial charge in [-0.3, -0.25) is 0 Å². The third kappa shape index (κ3) is 3.96. The molecule has 0 saturated carbocycles. The monoisotopic (exact) mass is 318 g/mol. The second-order valence-corrected chi connectivity index (χ2v) is 6.08. The van der Waals surface area contributed by atoms with Crippen molar-refractivity contribution in [1.29, 1.82) is 0 Å². The van der Waals surface area contributed by atoms with Crippen molar-refractivity contribution in [2.24, 2.45) is 5.73 Å². The Balaban J connectivity index is 2.31. The smallest absolute Gasteiger partial charge is 0.105 e. The standard InChI is InChI=1S/C17H19ClN2S/c1-12(2)20(11-13-6-4-3-5-7-13)14-8-9-15(17(19)21)16(18)10-14/h3-10,12H,11H2,1-2H3,(H2,19,21). The molecule has 0 radical (unpaired) electrons. The van der Waals surface area contributed by atoms with Gasteiger partial charge in [0.05, 0.1) is 5.02 Å². The summed E-state index contributed by atoms with van der Waals surface area (Å²) >= 11 is 11.3. The maximum absolute atomic E-state index is 6.28. The van der Waals surface area contributed by atoms with E-state index in [1.165, 1.54) is 5.56 Å². The fourth-order valence-electron chi connectivity index (χ4n) is 2.23. The number of thiocarbonyl (C=S) groups is 1. The highest BCUT2D eigenvalue weighted by atomic mass is 35.5. The van der Waals surface area contributed by atoms with Crippen LogP contribution in [0.15, 0.2) is 48.5 Å². The molecule has 0 heterocycles. The quantitative estimate of drug-likeness (QED) is 0.829. The summed E-state index contributed by atoms with van der Waals surface area (Å²) in [4.78, 5) is 2.62. The average Bonchev–Trinajstić information content (AvgIpc) is 2.45. The minimum Gasteiger partial charge on any atom is -0.389 e. The summed E-state index contributed by atoms with van der Waals surface area (Å²) in [6.07, 6.45) is 0. The second kappa shape index (κ2) is 6.92. The molecular weight excluding hydrogens is 300 g/mol. The maximum atomic E-state index is 6.28. The SMILES string of the molecule is CC(C)N(Cc1ccccc1)c1ccc(C(N)=S)c(Cl)c1. The molecule has 0 fully saturated rings. The first-order valence-corrected chi connectivity index (χ1v) is 7.67. The predicted molar refractivity (Wildman–Crippen MR) is 95.1 cm³/mol. The fourth-order valence-corrected chi connectivity index (χ4v) is 2.75. The summed E-state index contributed by atoms with van der Waals surface area (Å²) < 4.78 is 0. The Labute approximate surface area is 136 Å². The molecule has 0 atom stereocenters. The Bertz CT molecular complexity index is 626. The van der Waals surface area contributed by atoms with Gasteiger partial charge < -0.3 is 10.6 Å². The van der Waals surface area contributed by atoms with Crippen molar-refractivity contribution in [3.05, 3.63) is 64.7 Å². The van der Waals surface area contributed by atoms with Gasteiger partial charge in [0, 0.05) is 23.8 Å². The highest BCUT2D eigenvalue weighted by Crippen LogP contribution is 2.26. The first-order valence-electron chi connectivity index (χ1n) is 6.89. The van der Waals surface area contributed by atoms with Crippen LogP contribution in [0.2, 0.25) is 5.02 Å². The summed E-state index contributed by atoms with van der Waals surface area (Å²) in [5, 5.41) is 0.596. The highest BCUT2D eigenvalue weighted by molar-refractivity contribution is 7.80. The van der Waals surface area contributed by atoms with E-state index in [-0.39, 0.29) is 0 Å². The molecule has 0 unspecified atom stereocenters. The van der Waals surface area contributed by atoms with Crippen LogP contribution in [-0.2, 0) is 6.54 Å². The van der Waals surface area contributed by atoms with E-state index in [4.69, 9.17) is 29.6 Å². The van der Waals surface area contributed by atoms with Crippen LogP contribution in [0.5, 0.6) is 0 Å². The lowest BCUT2D eigenvalue weighted by Crippen LogP contribution is -2.30. The van der Waals surface area contributed by atoms with Crippen LogP contribution >= 0.6 is 23.8 Å². The lowest BCUT2D eigenvalue weighted by atomic mass is 10.1. The molecule has 0 bridgehead atoms. The van der Waals surface area contributed by atoms with Crippen molar-refractivity contribution in [2.75, 3.05) is 4.90 Å². The van der Waals surface area contributed by atoms with Gasteiger partial charge in [-0.15, -0.1) is 0 Å². The highest BCUT2D eigenvalue weighted by Gasteiger charge is 2.13. The molecule has 110 valence electrons. The minimum absolute atomic E-state index is 0.325. The summed E-state index contributed by atoms with van der Waals surface area (Å²) in [6, 6.07) is 16.6. The van der Waals surface area contributed by atoms with Crippen LogP contribution in [0.4, 0.5) is 5.69 Å². The Hall–Kier alpha value is -1.58. The number of hydrogen-bond donors (Lipinski definition) is 1. The molecule has 2 aromatic carbocycles. The van der Waals surface area contributed by atoms with Gasteiger partial charge in [0.2, 0.25) is 0 Å². The number of hydrogen-bond acceptors (Lipinski definition) is 2. The largest absolute Gasteiger partial charge is 0.389 e. The van der Waals surface area contributed by atoms with Gasteiger partial charge in [-0.25, -0.2) is 0 Å². The first kappa shape index (κ1) is 15.8. The predicted octanol–water partition coefficient (Wildman–Crippen LogP) is 4.39. The zero-order chi connectivity index (χ0) is 15.4. The van der Waals surface area contributed by atoms with Crippen molar-refractivity contribution in [1.82, 2.24) is 0 Å². The topological polar surface area (TPSA) is 29.3 Å². The van der Waals surface area contributed by atoms with E-state index in [0.717, 1.165) is 17.8 Å². The molecule has 2 rings (SSSR count). The molecule has 0 aliphatic heterocycles. The molecule has 4 heteroatoms. The van der Waals surface area contributed by atoms with Gasteiger partial charge in [0.15, 0.2) is 0 Å². The normalized spacial score (nSPS) is 10.7. The van der Waals surface area contributed by atoms with E-state index in [2.05, 4.69) is 43.0 Å². The summed E-state index contributed by atoms with van der Waals surface area (Å²) in [6.45, 7) is 5.16. The van der Waals surface area contributed by atoms with Crippen molar-refractivity contribution in [3.8, 4) is 0 Å². The Morgan fingerprint density at radius 3 is 2.38 bits per heavy atom. The van der Waals surface area contributed by atoms with E-state index < -0.39 is 0 Å². The van der Waals surface area contributed by atoms with E-state index in [0.29, 0.717) is 16.1 Å². The lowest BCUT2D eigenvalue weighted by molar-refractivity contribution is 0.682. The summed E-state index contributed by atoms with van der Waals surface area (Å²) in [5.74, 6) is 0. The van der Waals surface area contributed by atoms with E-state index in [1.54, 1.807) is 0 Å². The zero-order valence-corrected chi connectivity index (χ0v) is 13.8. The number of benzene rings is 2. The van der Waals surface area contributed by atoms with E-state index >= 15 is 0 Å². The van der Waals surface area contributed by atoms with Gasteiger partial charge >= 0.3 is 0 Å². The van der Waals surface area contributed by atoms with Crippen LogP contribution < -0.4 is 10.6 Å². The van der Waals surface area contributed by atoms with Crippen molar-refractivity contribution >= 4 is 34.5 Å². The fraction of sp³-hybridized carbons (Fsp3) is 0.235. The molecule has 0 saturated heterocycles. The molecule has 2 aromatic rings. The Kier molecular flexibility index (Phi) is 5.21. The number of anilines is 1. The van der Waals surface area contributed by atoms with Gasteiger partial charge in [0.1, 0.15) is 4.99 Å². The Morgan fingerprint density at radius 1 is 1.19 bits per heavy atom. The summed E-state index contributed by atoms with van der Waals surface area (Å²) in [5.41, 5.74) is 8.71. The van der Waals surface area contributed by atoms with Crippen LogP contribution in [-0.4, -0.2) is 11.0 Å². The van der Waals surface area contributed by atoms with Crippen molar-refractivity contribution in [3.63, 3.8) is 0 Å². The van der Waals surface area contributed by atoms with Crippen LogP contribution in [0.1, 0.15) is 25.0 Å². The van der Waals surface area contributed by atoms with Crippen LogP contribution in [0, 0.1) is 0 Å². The van der Waals surface area contributed by atoms with Crippen LogP contribution in [0.3, 0.4) is 0 Å². The maximum Gasteiger partial charge on any atom is 0.105 e. The van der Waals surface area contributed by atoms with E-state index in [1.807, 2.05) is 24.3 Å². The van der Waals surface area contributed by atoms with Crippen molar-refractivity contribution < 1.29 is 0 Å². The first-order chi connectivity index (χ1) is 9.99. The molecular formula is C17H19ClN2S. The molecule has 0 amide bonds. The molecule has 0 spiro atoms. The number of nitrogens with zero attached hydrogens (tertiary/aromatic N) is 1.